The van der Waals surface area contributed by atoms with E-state index in [9.17, 15) is 4.79 Å². The number of furan rings is 1. The molecule has 1 aliphatic rings. The zero-order valence-corrected chi connectivity index (χ0v) is 13.1. The van der Waals surface area contributed by atoms with Crippen molar-refractivity contribution in [3.8, 4) is 5.75 Å². The Morgan fingerprint density at radius 3 is 2.95 bits per heavy atom. The maximum absolute atomic E-state index is 11.5. The number of benzene rings is 1. The van der Waals surface area contributed by atoms with Crippen molar-refractivity contribution in [2.24, 2.45) is 0 Å². The van der Waals surface area contributed by atoms with Gasteiger partial charge < -0.3 is 13.9 Å². The average Bonchev–Trinajstić information content (AvgIpc) is 2.95. The molecule has 1 aromatic heterocycles. The molecule has 0 fully saturated rings. The van der Waals surface area contributed by atoms with E-state index >= 15 is 0 Å². The third kappa shape index (κ3) is 2.82. The van der Waals surface area contributed by atoms with Crippen LogP contribution in [0, 0.1) is 0 Å². The van der Waals surface area contributed by atoms with Crippen LogP contribution >= 0.6 is 11.6 Å². The van der Waals surface area contributed by atoms with Crippen LogP contribution in [0.2, 0.25) is 5.02 Å². The van der Waals surface area contributed by atoms with Gasteiger partial charge in [-0.25, -0.2) is 4.79 Å². The van der Waals surface area contributed by atoms with Gasteiger partial charge in [-0.3, -0.25) is 4.90 Å². The molecule has 0 spiro atoms. The van der Waals surface area contributed by atoms with Crippen LogP contribution in [0.5, 0.6) is 5.75 Å². The van der Waals surface area contributed by atoms with Gasteiger partial charge in [0.25, 0.3) is 0 Å². The van der Waals surface area contributed by atoms with E-state index in [-0.39, 0.29) is 6.10 Å². The van der Waals surface area contributed by atoms with Crippen LogP contribution < -0.4 is 4.74 Å². The number of fused-ring (bicyclic) bond motifs is 1. The van der Waals surface area contributed by atoms with E-state index in [1.165, 1.54) is 7.11 Å². The zero-order chi connectivity index (χ0) is 15.7. The summed E-state index contributed by atoms with van der Waals surface area (Å²) in [5, 5.41) is 0.306. The number of hydrogen-bond acceptors (Lipinski definition) is 5. The van der Waals surface area contributed by atoms with Crippen molar-refractivity contribution in [3.63, 3.8) is 0 Å². The second-order valence-electron chi connectivity index (χ2n) is 5.24. The van der Waals surface area contributed by atoms with Crippen LogP contribution in [0.1, 0.15) is 27.8 Å². The third-order valence-corrected chi connectivity index (χ3v) is 3.95. The molecule has 0 N–H and O–H groups in total. The van der Waals surface area contributed by atoms with E-state index in [0.29, 0.717) is 16.3 Å². The molecule has 2 aromatic rings. The van der Waals surface area contributed by atoms with Crippen LogP contribution in [0.4, 0.5) is 0 Å². The van der Waals surface area contributed by atoms with Gasteiger partial charge in [-0.05, 0) is 31.3 Å². The Hall–Kier alpha value is -1.98. The first kappa shape index (κ1) is 14.9. The lowest BCUT2D eigenvalue weighted by molar-refractivity contribution is 0.0601. The molecule has 2 heterocycles. The minimum atomic E-state index is -0.467. The van der Waals surface area contributed by atoms with E-state index in [1.54, 1.807) is 24.5 Å². The highest BCUT2D eigenvalue weighted by molar-refractivity contribution is 6.33. The quantitative estimate of drug-likeness (QED) is 0.812. The van der Waals surface area contributed by atoms with Gasteiger partial charge in [-0.2, -0.15) is 0 Å². The molecular weight excluding hydrogens is 306 g/mol. The first-order valence-corrected chi connectivity index (χ1v) is 7.25. The zero-order valence-electron chi connectivity index (χ0n) is 12.3. The van der Waals surface area contributed by atoms with Gasteiger partial charge in [0.2, 0.25) is 0 Å². The predicted molar refractivity (Wildman–Crippen MR) is 81.2 cm³/mol. The number of rotatable bonds is 3. The van der Waals surface area contributed by atoms with E-state index in [2.05, 4.69) is 9.64 Å². The minimum absolute atomic E-state index is 0.132. The standard InChI is InChI=1S/C16H16ClNO4/c1-18-8-14-12(5-6-21-14)15(9-18)22-10-3-4-11(13(17)7-10)16(19)20-2/h3-7,15H,8-9H2,1-2H3. The molecule has 22 heavy (non-hydrogen) atoms. The van der Waals surface area contributed by atoms with Gasteiger partial charge in [-0.15, -0.1) is 0 Å². The summed E-state index contributed by atoms with van der Waals surface area (Å²) in [5.74, 6) is 1.05. The lowest BCUT2D eigenvalue weighted by atomic mass is 10.1. The SMILES string of the molecule is COC(=O)c1ccc(OC2CN(C)Cc3occc32)cc1Cl. The number of halogens is 1. The maximum Gasteiger partial charge on any atom is 0.339 e. The normalized spacial score (nSPS) is 17.9. The summed E-state index contributed by atoms with van der Waals surface area (Å²) in [4.78, 5) is 13.7. The van der Waals surface area contributed by atoms with Crippen molar-refractivity contribution in [2.45, 2.75) is 12.6 Å². The largest absolute Gasteiger partial charge is 0.484 e. The van der Waals surface area contributed by atoms with E-state index in [4.69, 9.17) is 20.8 Å². The number of carbonyl (C=O) groups excluding carboxylic acids is 1. The van der Waals surface area contributed by atoms with E-state index in [0.717, 1.165) is 24.4 Å². The molecule has 1 aromatic carbocycles. The molecular formula is C16H16ClNO4. The smallest absolute Gasteiger partial charge is 0.339 e. The van der Waals surface area contributed by atoms with Crippen LogP contribution in [-0.2, 0) is 11.3 Å². The van der Waals surface area contributed by atoms with Crippen LogP contribution in [0.15, 0.2) is 34.9 Å². The summed E-state index contributed by atoms with van der Waals surface area (Å²) in [6.07, 6.45) is 1.54. The third-order valence-electron chi connectivity index (χ3n) is 3.64. The Bertz CT molecular complexity index is 697. The first-order valence-electron chi connectivity index (χ1n) is 6.88. The number of nitrogens with zero attached hydrogens (tertiary/aromatic N) is 1. The molecule has 0 saturated carbocycles. The molecule has 1 atom stereocenters. The van der Waals surface area contributed by atoms with Crippen molar-refractivity contribution in [2.75, 3.05) is 20.7 Å². The van der Waals surface area contributed by atoms with Crippen molar-refractivity contribution in [1.29, 1.82) is 0 Å². The van der Waals surface area contributed by atoms with E-state index < -0.39 is 5.97 Å². The van der Waals surface area contributed by atoms with Crippen LogP contribution in [-0.4, -0.2) is 31.6 Å². The van der Waals surface area contributed by atoms with Gasteiger partial charge in [0.1, 0.15) is 17.6 Å². The Morgan fingerprint density at radius 2 is 2.23 bits per heavy atom. The highest BCUT2D eigenvalue weighted by Gasteiger charge is 2.27. The predicted octanol–water partition coefficient (Wildman–Crippen LogP) is 3.29. The fraction of sp³-hybridized carbons (Fsp3) is 0.312. The molecule has 3 rings (SSSR count). The molecule has 116 valence electrons. The average molecular weight is 322 g/mol. The summed E-state index contributed by atoms with van der Waals surface area (Å²) >= 11 is 6.12. The number of methoxy groups -OCH3 is 1. The molecule has 1 unspecified atom stereocenters. The molecule has 0 bridgehead atoms. The Balaban J connectivity index is 1.83. The van der Waals surface area contributed by atoms with Gasteiger partial charge in [0.15, 0.2) is 0 Å². The molecule has 6 heteroatoms. The van der Waals surface area contributed by atoms with Crippen molar-refractivity contribution in [3.05, 3.63) is 52.4 Å². The molecule has 1 aliphatic heterocycles. The second-order valence-corrected chi connectivity index (χ2v) is 5.64. The van der Waals surface area contributed by atoms with E-state index in [1.807, 2.05) is 13.1 Å². The summed E-state index contributed by atoms with van der Waals surface area (Å²) in [5.41, 5.74) is 1.37. The molecule has 0 saturated heterocycles. The summed E-state index contributed by atoms with van der Waals surface area (Å²) in [7, 11) is 3.33. The summed E-state index contributed by atoms with van der Waals surface area (Å²) in [6, 6.07) is 6.87. The maximum atomic E-state index is 11.5. The van der Waals surface area contributed by atoms with Gasteiger partial charge >= 0.3 is 5.97 Å². The van der Waals surface area contributed by atoms with Crippen molar-refractivity contribution >= 4 is 17.6 Å². The first-order chi connectivity index (χ1) is 10.6. The van der Waals surface area contributed by atoms with Gasteiger partial charge in [0, 0.05) is 12.1 Å². The Morgan fingerprint density at radius 1 is 1.41 bits per heavy atom. The highest BCUT2D eigenvalue weighted by Crippen LogP contribution is 2.32. The summed E-state index contributed by atoms with van der Waals surface area (Å²) in [6.45, 7) is 1.52. The monoisotopic (exact) mass is 321 g/mol. The lowest BCUT2D eigenvalue weighted by Gasteiger charge is -2.29. The van der Waals surface area contributed by atoms with Gasteiger partial charge in [0.05, 0.1) is 30.5 Å². The lowest BCUT2D eigenvalue weighted by Crippen LogP contribution is -2.32. The number of hydrogen-bond donors (Lipinski definition) is 0. The Labute approximate surface area is 133 Å². The fourth-order valence-electron chi connectivity index (χ4n) is 2.57. The van der Waals surface area contributed by atoms with Crippen LogP contribution in [0.3, 0.4) is 0 Å². The van der Waals surface area contributed by atoms with Crippen molar-refractivity contribution < 1.29 is 18.7 Å². The molecule has 0 radical (unpaired) electrons. The fourth-order valence-corrected chi connectivity index (χ4v) is 2.81. The molecule has 0 aliphatic carbocycles. The minimum Gasteiger partial charge on any atom is -0.484 e. The highest BCUT2D eigenvalue weighted by atomic mass is 35.5. The number of carbonyl (C=O) groups is 1. The second kappa shape index (κ2) is 6.02. The van der Waals surface area contributed by atoms with Crippen molar-refractivity contribution in [1.82, 2.24) is 4.90 Å². The Kier molecular flexibility index (Phi) is 4.09. The number of esters is 1. The van der Waals surface area contributed by atoms with Gasteiger partial charge in [-0.1, -0.05) is 11.6 Å². The molecule has 0 amide bonds. The number of likely N-dealkylation sites (N-methyl/N-ethyl adjacent to an activating group) is 1. The topological polar surface area (TPSA) is 51.9 Å². The summed E-state index contributed by atoms with van der Waals surface area (Å²) < 4.78 is 16.2. The molecule has 5 nitrogen and oxygen atoms in total. The van der Waals surface area contributed by atoms with Crippen LogP contribution in [0.25, 0.3) is 0 Å². The number of ether oxygens (including phenoxy) is 2.